The van der Waals surface area contributed by atoms with Gasteiger partial charge in [0.15, 0.2) is 12.4 Å². The molecule has 2 aromatic rings. The van der Waals surface area contributed by atoms with Gasteiger partial charge in [-0.25, -0.2) is 0 Å². The Hall–Kier alpha value is -1.71. The molecule has 0 aliphatic rings. The van der Waals surface area contributed by atoms with E-state index >= 15 is 0 Å². The zero-order chi connectivity index (χ0) is 15.8. The van der Waals surface area contributed by atoms with Gasteiger partial charge in [-0.1, -0.05) is 59.6 Å². The summed E-state index contributed by atoms with van der Waals surface area (Å²) in [5.74, 6) is 0.148. The molecule has 5 heteroatoms. The van der Waals surface area contributed by atoms with E-state index in [4.69, 9.17) is 27.9 Å². The molecule has 0 fully saturated rings. The van der Waals surface area contributed by atoms with Crippen LogP contribution >= 0.6 is 23.2 Å². The number of amides is 1. The lowest BCUT2D eigenvalue weighted by atomic mass is 10.1. The molecule has 0 bridgehead atoms. The van der Waals surface area contributed by atoms with E-state index in [1.165, 1.54) is 5.56 Å². The number of benzene rings is 2. The molecule has 0 radical (unpaired) electrons. The quantitative estimate of drug-likeness (QED) is 0.771. The topological polar surface area (TPSA) is 38.3 Å². The summed E-state index contributed by atoms with van der Waals surface area (Å²) >= 11 is 11.9. The van der Waals surface area contributed by atoms with Gasteiger partial charge in [-0.05, 0) is 30.5 Å². The van der Waals surface area contributed by atoms with Gasteiger partial charge in [-0.3, -0.25) is 4.79 Å². The van der Waals surface area contributed by atoms with Crippen molar-refractivity contribution in [3.05, 3.63) is 64.1 Å². The largest absolute Gasteiger partial charge is 0.481 e. The van der Waals surface area contributed by atoms with Crippen molar-refractivity contribution in [1.82, 2.24) is 5.32 Å². The average Bonchev–Trinajstić information content (AvgIpc) is 2.52. The lowest BCUT2D eigenvalue weighted by Crippen LogP contribution is -2.30. The van der Waals surface area contributed by atoms with Crippen LogP contribution in [0.4, 0.5) is 0 Å². The minimum Gasteiger partial charge on any atom is -0.481 e. The van der Waals surface area contributed by atoms with Crippen molar-refractivity contribution >= 4 is 29.1 Å². The van der Waals surface area contributed by atoms with Gasteiger partial charge in [0.25, 0.3) is 5.91 Å². The predicted molar refractivity (Wildman–Crippen MR) is 89.7 cm³/mol. The molecule has 0 saturated carbocycles. The minimum atomic E-state index is -0.191. The van der Waals surface area contributed by atoms with Crippen molar-refractivity contribution < 1.29 is 9.53 Å². The van der Waals surface area contributed by atoms with Gasteiger partial charge < -0.3 is 10.1 Å². The van der Waals surface area contributed by atoms with Crippen LogP contribution in [0.1, 0.15) is 12.0 Å². The highest BCUT2D eigenvalue weighted by Gasteiger charge is 2.09. The first-order valence-electron chi connectivity index (χ1n) is 7.04. The summed E-state index contributed by atoms with van der Waals surface area (Å²) < 4.78 is 5.37. The lowest BCUT2D eigenvalue weighted by molar-refractivity contribution is -0.123. The lowest BCUT2D eigenvalue weighted by Gasteiger charge is -2.10. The molecule has 116 valence electrons. The third-order valence-electron chi connectivity index (χ3n) is 3.07. The van der Waals surface area contributed by atoms with E-state index in [1.807, 2.05) is 18.2 Å². The molecule has 0 atom stereocenters. The number of hydrogen-bond acceptors (Lipinski definition) is 2. The predicted octanol–water partition coefficient (Wildman–Crippen LogP) is 4.12. The number of halogens is 2. The molecule has 0 aromatic heterocycles. The number of carbonyl (C=O) groups is 1. The molecular formula is C17H17Cl2NO2. The molecular weight excluding hydrogens is 321 g/mol. The molecule has 22 heavy (non-hydrogen) atoms. The number of nitrogens with one attached hydrogen (secondary N) is 1. The second-order valence-electron chi connectivity index (χ2n) is 4.78. The number of ether oxygens (including phenoxy) is 1. The standard InChI is InChI=1S/C17H17Cl2NO2/c18-14-9-4-10-15(19)17(14)22-12-16(21)20-11-5-8-13-6-2-1-3-7-13/h1-4,6-7,9-10H,5,8,11-12H2,(H,20,21). The summed E-state index contributed by atoms with van der Waals surface area (Å²) in [6, 6.07) is 15.2. The summed E-state index contributed by atoms with van der Waals surface area (Å²) in [5.41, 5.74) is 1.26. The Morgan fingerprint density at radius 1 is 1.00 bits per heavy atom. The first-order valence-corrected chi connectivity index (χ1v) is 7.80. The van der Waals surface area contributed by atoms with Crippen molar-refractivity contribution in [3.8, 4) is 5.75 Å². The fourth-order valence-corrected chi connectivity index (χ4v) is 2.48. The van der Waals surface area contributed by atoms with Crippen molar-refractivity contribution in [2.24, 2.45) is 0 Å². The molecule has 0 spiro atoms. The maximum absolute atomic E-state index is 11.7. The molecule has 0 heterocycles. The zero-order valence-electron chi connectivity index (χ0n) is 12.0. The molecule has 0 aliphatic carbocycles. The Bertz CT molecular complexity index is 597. The molecule has 3 nitrogen and oxygen atoms in total. The molecule has 0 saturated heterocycles. The fraction of sp³-hybridized carbons (Fsp3) is 0.235. The summed E-state index contributed by atoms with van der Waals surface area (Å²) in [6.45, 7) is 0.502. The van der Waals surface area contributed by atoms with Gasteiger partial charge in [-0.2, -0.15) is 0 Å². The molecule has 1 amide bonds. The zero-order valence-corrected chi connectivity index (χ0v) is 13.5. The third kappa shape index (κ3) is 5.24. The smallest absolute Gasteiger partial charge is 0.257 e. The summed E-state index contributed by atoms with van der Waals surface area (Å²) in [6.07, 6.45) is 1.81. The van der Waals surface area contributed by atoms with Gasteiger partial charge in [0.05, 0.1) is 10.0 Å². The Labute approximate surface area is 140 Å². The van der Waals surface area contributed by atoms with Crippen LogP contribution in [0.2, 0.25) is 10.0 Å². The minimum absolute atomic E-state index is 0.102. The van der Waals surface area contributed by atoms with Crippen LogP contribution in [0.5, 0.6) is 5.75 Å². The van der Waals surface area contributed by atoms with Crippen molar-refractivity contribution in [2.45, 2.75) is 12.8 Å². The maximum Gasteiger partial charge on any atom is 0.257 e. The van der Waals surface area contributed by atoms with Crippen LogP contribution in [0.25, 0.3) is 0 Å². The summed E-state index contributed by atoms with van der Waals surface area (Å²) in [5, 5.41) is 3.60. The number of para-hydroxylation sites is 1. The van der Waals surface area contributed by atoms with E-state index in [1.54, 1.807) is 18.2 Å². The number of aryl methyl sites for hydroxylation is 1. The van der Waals surface area contributed by atoms with E-state index in [2.05, 4.69) is 17.4 Å². The van der Waals surface area contributed by atoms with Gasteiger partial charge >= 0.3 is 0 Å². The van der Waals surface area contributed by atoms with Crippen molar-refractivity contribution in [1.29, 1.82) is 0 Å². The summed E-state index contributed by atoms with van der Waals surface area (Å²) in [4.78, 5) is 11.7. The Balaban J connectivity index is 1.68. The van der Waals surface area contributed by atoms with Gasteiger partial charge in [0.2, 0.25) is 0 Å². The van der Waals surface area contributed by atoms with Crippen molar-refractivity contribution in [3.63, 3.8) is 0 Å². The fourth-order valence-electron chi connectivity index (χ4n) is 1.97. The van der Waals surface area contributed by atoms with Crippen LogP contribution in [-0.2, 0) is 11.2 Å². The number of rotatable bonds is 7. The summed E-state index contributed by atoms with van der Waals surface area (Å²) in [7, 11) is 0. The van der Waals surface area contributed by atoms with E-state index in [0.717, 1.165) is 12.8 Å². The molecule has 0 aliphatic heterocycles. The molecule has 0 unspecified atom stereocenters. The number of hydrogen-bond donors (Lipinski definition) is 1. The average molecular weight is 338 g/mol. The van der Waals surface area contributed by atoms with Crippen molar-refractivity contribution in [2.75, 3.05) is 13.2 Å². The first-order chi connectivity index (χ1) is 10.7. The highest BCUT2D eigenvalue weighted by Crippen LogP contribution is 2.32. The SMILES string of the molecule is O=C(COc1c(Cl)cccc1Cl)NCCCc1ccccc1. The normalized spacial score (nSPS) is 10.3. The monoisotopic (exact) mass is 337 g/mol. The Kier molecular flexibility index (Phi) is 6.56. The van der Waals surface area contributed by atoms with E-state index in [0.29, 0.717) is 22.3 Å². The maximum atomic E-state index is 11.7. The van der Waals surface area contributed by atoms with E-state index < -0.39 is 0 Å². The van der Waals surface area contributed by atoms with Gasteiger partial charge in [0.1, 0.15) is 0 Å². The number of carbonyl (C=O) groups excluding carboxylic acids is 1. The third-order valence-corrected chi connectivity index (χ3v) is 3.67. The Morgan fingerprint density at radius 2 is 1.68 bits per heavy atom. The first kappa shape index (κ1) is 16.7. The van der Waals surface area contributed by atoms with Crippen LogP contribution in [0.3, 0.4) is 0 Å². The van der Waals surface area contributed by atoms with Crippen LogP contribution in [0.15, 0.2) is 48.5 Å². The second kappa shape index (κ2) is 8.66. The second-order valence-corrected chi connectivity index (χ2v) is 5.59. The van der Waals surface area contributed by atoms with Crippen LogP contribution < -0.4 is 10.1 Å². The van der Waals surface area contributed by atoms with Gasteiger partial charge in [0, 0.05) is 6.54 Å². The highest BCUT2D eigenvalue weighted by atomic mass is 35.5. The van der Waals surface area contributed by atoms with E-state index in [-0.39, 0.29) is 12.5 Å². The molecule has 2 aromatic carbocycles. The van der Waals surface area contributed by atoms with Crippen LogP contribution in [-0.4, -0.2) is 19.1 Å². The highest BCUT2D eigenvalue weighted by molar-refractivity contribution is 6.37. The van der Waals surface area contributed by atoms with Gasteiger partial charge in [-0.15, -0.1) is 0 Å². The Morgan fingerprint density at radius 3 is 2.36 bits per heavy atom. The van der Waals surface area contributed by atoms with E-state index in [9.17, 15) is 4.79 Å². The molecule has 1 N–H and O–H groups in total. The van der Waals surface area contributed by atoms with Crippen LogP contribution in [0, 0.1) is 0 Å². The molecule has 2 rings (SSSR count).